The normalized spacial score (nSPS) is 10.6. The Hall–Kier alpha value is -1.96. The second kappa shape index (κ2) is 5.44. The molecule has 0 aliphatic carbocycles. The Labute approximate surface area is 135 Å². The van der Waals surface area contributed by atoms with Gasteiger partial charge in [-0.2, -0.15) is 0 Å². The predicted octanol–water partition coefficient (Wildman–Crippen LogP) is 5.61. The van der Waals surface area contributed by atoms with Crippen LogP contribution in [0.3, 0.4) is 0 Å². The topological polar surface area (TPSA) is 18.5 Å². The summed E-state index contributed by atoms with van der Waals surface area (Å²) in [5.74, 6) is 0.645. The Kier molecular flexibility index (Phi) is 3.62. The van der Waals surface area contributed by atoms with E-state index >= 15 is 0 Å². The highest BCUT2D eigenvalue weighted by atomic mass is 79.9. The fourth-order valence-corrected chi connectivity index (χ4v) is 3.04. The van der Waals surface area contributed by atoms with Crippen molar-refractivity contribution >= 4 is 44.1 Å². The first kappa shape index (κ1) is 14.0. The Morgan fingerprint density at radius 3 is 2.71 bits per heavy atom. The molecule has 0 aliphatic heterocycles. The first-order valence-electron chi connectivity index (χ1n) is 6.16. The highest BCUT2D eigenvalue weighted by Gasteiger charge is 2.10. The summed E-state index contributed by atoms with van der Waals surface area (Å²) in [5, 5.41) is 1.56. The number of methoxy groups -OCH3 is 1. The maximum absolute atomic E-state index is 7.10. The monoisotopic (exact) mass is 360 g/mol. The number of ether oxygens (including phenoxy) is 1. The Bertz CT molecular complexity index is 880. The number of hydrogen-bond acceptors (Lipinski definition) is 1. The smallest absolute Gasteiger partial charge is 0.188 e. The van der Waals surface area contributed by atoms with E-state index in [1.807, 2.05) is 47.2 Å². The molecule has 0 fully saturated rings. The molecule has 1 heterocycles. The van der Waals surface area contributed by atoms with Crippen LogP contribution in [0.5, 0.6) is 5.75 Å². The van der Waals surface area contributed by atoms with Crippen molar-refractivity contribution in [3.05, 3.63) is 63.5 Å². The van der Waals surface area contributed by atoms with Crippen molar-refractivity contribution in [2.45, 2.75) is 0 Å². The molecule has 0 N–H and O–H groups in total. The van der Waals surface area contributed by atoms with Crippen LogP contribution < -0.4 is 4.74 Å². The molecule has 5 heteroatoms. The predicted molar refractivity (Wildman–Crippen MR) is 88.8 cm³/mol. The standard InChI is InChI=1S/C16H10BrClN2O/c1-19-10-3-5-15-12(7-10)13(17)9-20(15)11-4-6-16(21-2)14(18)8-11/h3-9H,2H3. The van der Waals surface area contributed by atoms with E-state index in [1.165, 1.54) is 0 Å². The number of nitrogens with zero attached hydrogens (tertiary/aromatic N) is 2. The van der Waals surface area contributed by atoms with Crippen molar-refractivity contribution in [1.29, 1.82) is 0 Å². The molecular weight excluding hydrogens is 352 g/mol. The largest absolute Gasteiger partial charge is 0.495 e. The number of aromatic nitrogens is 1. The fraction of sp³-hybridized carbons (Fsp3) is 0.0625. The Balaban J connectivity index is 2.21. The van der Waals surface area contributed by atoms with Gasteiger partial charge >= 0.3 is 0 Å². The van der Waals surface area contributed by atoms with E-state index in [0.717, 1.165) is 21.1 Å². The molecule has 0 amide bonds. The summed E-state index contributed by atoms with van der Waals surface area (Å²) in [6, 6.07) is 11.3. The van der Waals surface area contributed by atoms with Crippen molar-refractivity contribution in [2.24, 2.45) is 0 Å². The number of fused-ring (bicyclic) bond motifs is 1. The lowest BCUT2D eigenvalue weighted by molar-refractivity contribution is 0.415. The Morgan fingerprint density at radius 1 is 1.24 bits per heavy atom. The molecule has 0 spiro atoms. The first-order chi connectivity index (χ1) is 10.1. The molecule has 2 aromatic carbocycles. The number of halogens is 2. The lowest BCUT2D eigenvalue weighted by Crippen LogP contribution is -1.93. The van der Waals surface area contributed by atoms with Crippen LogP contribution in [0.4, 0.5) is 5.69 Å². The summed E-state index contributed by atoms with van der Waals surface area (Å²) in [6.45, 7) is 7.10. The van der Waals surface area contributed by atoms with E-state index in [-0.39, 0.29) is 0 Å². The zero-order valence-electron chi connectivity index (χ0n) is 11.1. The highest BCUT2D eigenvalue weighted by Crippen LogP contribution is 2.34. The van der Waals surface area contributed by atoms with Gasteiger partial charge in [0, 0.05) is 21.7 Å². The Morgan fingerprint density at radius 2 is 2.05 bits per heavy atom. The molecule has 0 atom stereocenters. The van der Waals surface area contributed by atoms with Crippen LogP contribution in [0.2, 0.25) is 5.02 Å². The molecule has 3 nitrogen and oxygen atoms in total. The van der Waals surface area contributed by atoms with Gasteiger partial charge in [0.15, 0.2) is 5.69 Å². The van der Waals surface area contributed by atoms with Gasteiger partial charge < -0.3 is 9.30 Å². The molecule has 3 rings (SSSR count). The van der Waals surface area contributed by atoms with Gasteiger partial charge in [0.05, 0.1) is 24.2 Å². The zero-order valence-corrected chi connectivity index (χ0v) is 13.4. The van der Waals surface area contributed by atoms with E-state index in [4.69, 9.17) is 22.9 Å². The minimum atomic E-state index is 0.561. The zero-order chi connectivity index (χ0) is 15.0. The summed E-state index contributed by atoms with van der Waals surface area (Å²) < 4.78 is 8.14. The van der Waals surface area contributed by atoms with E-state index in [9.17, 15) is 0 Å². The third-order valence-corrected chi connectivity index (χ3v) is 4.21. The summed E-state index contributed by atoms with van der Waals surface area (Å²) in [4.78, 5) is 3.46. The molecular formula is C16H10BrClN2O. The van der Waals surface area contributed by atoms with Gasteiger partial charge in [0.25, 0.3) is 0 Å². The number of hydrogen-bond donors (Lipinski definition) is 0. The average molecular weight is 362 g/mol. The van der Waals surface area contributed by atoms with Crippen molar-refractivity contribution < 1.29 is 4.74 Å². The summed E-state index contributed by atoms with van der Waals surface area (Å²) in [7, 11) is 1.59. The van der Waals surface area contributed by atoms with Crippen LogP contribution in [0.1, 0.15) is 0 Å². The molecule has 0 bridgehead atoms. The van der Waals surface area contributed by atoms with Gasteiger partial charge in [-0.25, -0.2) is 4.85 Å². The van der Waals surface area contributed by atoms with Crippen LogP contribution in [-0.2, 0) is 0 Å². The molecule has 0 unspecified atom stereocenters. The number of benzene rings is 2. The second-order valence-electron chi connectivity index (χ2n) is 4.48. The minimum absolute atomic E-state index is 0.561. The van der Waals surface area contributed by atoms with E-state index < -0.39 is 0 Å². The van der Waals surface area contributed by atoms with Crippen molar-refractivity contribution in [2.75, 3.05) is 7.11 Å². The van der Waals surface area contributed by atoms with E-state index in [0.29, 0.717) is 16.5 Å². The first-order valence-corrected chi connectivity index (χ1v) is 7.33. The molecule has 21 heavy (non-hydrogen) atoms. The van der Waals surface area contributed by atoms with Gasteiger partial charge in [0.1, 0.15) is 5.75 Å². The van der Waals surface area contributed by atoms with Crippen LogP contribution in [0, 0.1) is 6.57 Å². The summed E-state index contributed by atoms with van der Waals surface area (Å²) >= 11 is 9.74. The van der Waals surface area contributed by atoms with Crippen LogP contribution in [-0.4, -0.2) is 11.7 Å². The van der Waals surface area contributed by atoms with Crippen molar-refractivity contribution in [1.82, 2.24) is 4.57 Å². The molecule has 0 aliphatic rings. The highest BCUT2D eigenvalue weighted by molar-refractivity contribution is 9.10. The van der Waals surface area contributed by atoms with Gasteiger partial charge in [-0.1, -0.05) is 17.7 Å². The van der Waals surface area contributed by atoms with Crippen molar-refractivity contribution in [3.63, 3.8) is 0 Å². The van der Waals surface area contributed by atoms with Gasteiger partial charge in [0.2, 0.25) is 0 Å². The lowest BCUT2D eigenvalue weighted by atomic mass is 10.2. The van der Waals surface area contributed by atoms with Crippen LogP contribution >= 0.6 is 27.5 Å². The molecule has 0 saturated heterocycles. The lowest BCUT2D eigenvalue weighted by Gasteiger charge is -2.08. The van der Waals surface area contributed by atoms with Crippen molar-refractivity contribution in [3.8, 4) is 11.4 Å². The van der Waals surface area contributed by atoms with Crippen LogP contribution in [0.25, 0.3) is 21.4 Å². The molecule has 0 saturated carbocycles. The third-order valence-electron chi connectivity index (χ3n) is 3.28. The average Bonchev–Trinajstić information content (AvgIpc) is 2.83. The molecule has 0 radical (unpaired) electrons. The third kappa shape index (κ3) is 2.39. The molecule has 104 valence electrons. The fourth-order valence-electron chi connectivity index (χ4n) is 2.27. The SMILES string of the molecule is [C-]#[N+]c1ccc2c(c1)c(Br)cn2-c1ccc(OC)c(Cl)c1. The van der Waals surface area contributed by atoms with E-state index in [1.54, 1.807) is 7.11 Å². The maximum Gasteiger partial charge on any atom is 0.188 e. The maximum atomic E-state index is 7.10. The summed E-state index contributed by atoms with van der Waals surface area (Å²) in [5.41, 5.74) is 2.57. The van der Waals surface area contributed by atoms with E-state index in [2.05, 4.69) is 20.8 Å². The number of rotatable bonds is 2. The van der Waals surface area contributed by atoms with Gasteiger partial charge in [-0.3, -0.25) is 0 Å². The van der Waals surface area contributed by atoms with Gasteiger partial charge in [-0.15, -0.1) is 0 Å². The molecule has 3 aromatic rings. The van der Waals surface area contributed by atoms with Gasteiger partial charge in [-0.05, 0) is 46.3 Å². The van der Waals surface area contributed by atoms with Crippen LogP contribution in [0.15, 0.2) is 47.1 Å². The quantitative estimate of drug-likeness (QED) is 0.543. The minimum Gasteiger partial charge on any atom is -0.495 e. The second-order valence-corrected chi connectivity index (χ2v) is 5.74. The summed E-state index contributed by atoms with van der Waals surface area (Å²) in [6.07, 6.45) is 1.97. The molecule has 1 aromatic heterocycles.